The van der Waals surface area contributed by atoms with Crippen LogP contribution in [0.3, 0.4) is 0 Å². The Morgan fingerprint density at radius 2 is 1.57 bits per heavy atom. The standard InChI is InChI=1S/C22H35N/c1-14-12-21-8-7-20(13-22(21)17(14)4)9-10-23-18(5)15(2)11-16(3)19(23)6/h7-8,13-19H,9-12H2,1-6H3/t14-,15-,16+,17-,18-,19+/m1/s1. The van der Waals surface area contributed by atoms with E-state index in [0.29, 0.717) is 0 Å². The number of fused-ring (bicyclic) bond motifs is 1. The normalized spacial score (nSPS) is 37.8. The topological polar surface area (TPSA) is 3.24 Å². The lowest BCUT2D eigenvalue weighted by Crippen LogP contribution is -2.52. The van der Waals surface area contributed by atoms with Gasteiger partial charge < -0.3 is 0 Å². The molecule has 1 aromatic rings. The highest BCUT2D eigenvalue weighted by Crippen LogP contribution is 2.38. The highest BCUT2D eigenvalue weighted by molar-refractivity contribution is 5.39. The van der Waals surface area contributed by atoms with Crippen LogP contribution in [0.4, 0.5) is 0 Å². The Balaban J connectivity index is 1.69. The maximum Gasteiger partial charge on any atom is 0.00957 e. The van der Waals surface area contributed by atoms with Crippen molar-refractivity contribution in [2.45, 2.75) is 78.8 Å². The van der Waals surface area contributed by atoms with Crippen LogP contribution >= 0.6 is 0 Å². The van der Waals surface area contributed by atoms with E-state index in [2.05, 4.69) is 64.6 Å². The quantitative estimate of drug-likeness (QED) is 0.734. The Labute approximate surface area is 143 Å². The van der Waals surface area contributed by atoms with Crippen molar-refractivity contribution >= 4 is 0 Å². The number of hydrogen-bond acceptors (Lipinski definition) is 1. The van der Waals surface area contributed by atoms with Crippen LogP contribution in [0.1, 0.15) is 70.6 Å². The van der Waals surface area contributed by atoms with Crippen LogP contribution < -0.4 is 0 Å². The van der Waals surface area contributed by atoms with E-state index in [-0.39, 0.29) is 0 Å². The molecule has 1 aliphatic carbocycles. The fourth-order valence-electron chi connectivity index (χ4n) is 4.91. The molecule has 2 aliphatic rings. The minimum Gasteiger partial charge on any atom is -0.297 e. The molecule has 1 saturated heterocycles. The fourth-order valence-corrected chi connectivity index (χ4v) is 4.91. The molecule has 3 rings (SSSR count). The van der Waals surface area contributed by atoms with Gasteiger partial charge in [-0.3, -0.25) is 4.90 Å². The maximum absolute atomic E-state index is 2.76. The third kappa shape index (κ3) is 3.22. The molecule has 0 unspecified atom stereocenters. The summed E-state index contributed by atoms with van der Waals surface area (Å²) in [5.74, 6) is 3.19. The predicted molar refractivity (Wildman–Crippen MR) is 100 cm³/mol. The van der Waals surface area contributed by atoms with Gasteiger partial charge in [0.2, 0.25) is 0 Å². The molecule has 6 atom stereocenters. The van der Waals surface area contributed by atoms with Crippen molar-refractivity contribution in [1.82, 2.24) is 4.90 Å². The van der Waals surface area contributed by atoms with Gasteiger partial charge in [-0.1, -0.05) is 45.9 Å². The first kappa shape index (κ1) is 17.0. The van der Waals surface area contributed by atoms with Gasteiger partial charge >= 0.3 is 0 Å². The molecule has 0 radical (unpaired) electrons. The van der Waals surface area contributed by atoms with Crippen molar-refractivity contribution in [2.75, 3.05) is 6.54 Å². The fraction of sp³-hybridized carbons (Fsp3) is 0.727. The van der Waals surface area contributed by atoms with Gasteiger partial charge in [0.1, 0.15) is 0 Å². The van der Waals surface area contributed by atoms with Crippen molar-refractivity contribution in [3.8, 4) is 0 Å². The predicted octanol–water partition coefficient (Wildman–Crippen LogP) is 5.28. The average Bonchev–Trinajstić information content (AvgIpc) is 2.80. The molecule has 1 aromatic carbocycles. The summed E-state index contributed by atoms with van der Waals surface area (Å²) in [6.07, 6.45) is 3.85. The summed E-state index contributed by atoms with van der Waals surface area (Å²) in [5.41, 5.74) is 4.75. The zero-order valence-electron chi connectivity index (χ0n) is 16.0. The summed E-state index contributed by atoms with van der Waals surface area (Å²) in [6.45, 7) is 15.7. The molecule has 1 fully saturated rings. The average molecular weight is 314 g/mol. The molecule has 0 amide bonds. The van der Waals surface area contributed by atoms with Crippen LogP contribution in [-0.4, -0.2) is 23.5 Å². The highest BCUT2D eigenvalue weighted by Gasteiger charge is 2.34. The number of hydrogen-bond donors (Lipinski definition) is 0. The van der Waals surface area contributed by atoms with Gasteiger partial charge in [-0.05, 0) is 73.5 Å². The minimum absolute atomic E-state index is 0.717. The Bertz CT molecular complexity index is 535. The molecule has 1 aliphatic heterocycles. The lowest BCUT2D eigenvalue weighted by molar-refractivity contribution is 0.0289. The Kier molecular flexibility index (Phi) is 4.88. The van der Waals surface area contributed by atoms with E-state index in [4.69, 9.17) is 0 Å². The molecule has 0 aromatic heterocycles. The lowest BCUT2D eigenvalue weighted by atomic mass is 9.81. The summed E-state index contributed by atoms with van der Waals surface area (Å²) in [6, 6.07) is 8.73. The molecule has 1 heterocycles. The third-order valence-corrected chi connectivity index (χ3v) is 7.19. The van der Waals surface area contributed by atoms with Gasteiger partial charge in [-0.15, -0.1) is 0 Å². The zero-order valence-corrected chi connectivity index (χ0v) is 16.0. The van der Waals surface area contributed by atoms with E-state index in [1.807, 2.05) is 0 Å². The van der Waals surface area contributed by atoms with E-state index >= 15 is 0 Å². The van der Waals surface area contributed by atoms with Crippen LogP contribution in [0.15, 0.2) is 18.2 Å². The number of nitrogens with zero attached hydrogens (tertiary/aromatic N) is 1. The Morgan fingerprint density at radius 3 is 2.22 bits per heavy atom. The molecule has 1 heteroatoms. The number of likely N-dealkylation sites (tertiary alicyclic amines) is 1. The highest BCUT2D eigenvalue weighted by atomic mass is 15.2. The van der Waals surface area contributed by atoms with E-state index in [9.17, 15) is 0 Å². The van der Waals surface area contributed by atoms with Crippen LogP contribution in [-0.2, 0) is 12.8 Å². The van der Waals surface area contributed by atoms with E-state index in [0.717, 1.165) is 35.8 Å². The largest absolute Gasteiger partial charge is 0.297 e. The smallest absolute Gasteiger partial charge is 0.00957 e. The molecule has 0 N–H and O–H groups in total. The van der Waals surface area contributed by atoms with Crippen molar-refractivity contribution in [1.29, 1.82) is 0 Å². The first-order valence-electron chi connectivity index (χ1n) is 9.76. The maximum atomic E-state index is 2.76. The molecule has 0 saturated carbocycles. The number of rotatable bonds is 3. The summed E-state index contributed by atoms with van der Waals surface area (Å²) in [7, 11) is 0. The second-order valence-electron chi connectivity index (χ2n) is 8.66. The van der Waals surface area contributed by atoms with Crippen LogP contribution in [0.25, 0.3) is 0 Å². The number of benzene rings is 1. The minimum atomic E-state index is 0.717. The molecule has 128 valence electrons. The van der Waals surface area contributed by atoms with E-state index < -0.39 is 0 Å². The van der Waals surface area contributed by atoms with Gasteiger partial charge in [0.25, 0.3) is 0 Å². The van der Waals surface area contributed by atoms with Gasteiger partial charge in [0.05, 0.1) is 0 Å². The summed E-state index contributed by atoms with van der Waals surface area (Å²) >= 11 is 0. The summed E-state index contributed by atoms with van der Waals surface area (Å²) in [5, 5.41) is 0. The molecule has 0 bridgehead atoms. The summed E-state index contributed by atoms with van der Waals surface area (Å²) in [4.78, 5) is 2.76. The SMILES string of the molecule is C[C@@H]1C[C@H](C)[C@H](C)N(CCc2ccc3c(c2)[C@H](C)[C@H](C)C3)[C@@H]1C. The van der Waals surface area contributed by atoms with E-state index in [1.54, 1.807) is 11.1 Å². The van der Waals surface area contributed by atoms with E-state index in [1.165, 1.54) is 31.4 Å². The van der Waals surface area contributed by atoms with Crippen LogP contribution in [0.2, 0.25) is 0 Å². The molecule has 1 nitrogen and oxygen atoms in total. The first-order chi connectivity index (χ1) is 10.9. The van der Waals surface area contributed by atoms with Crippen molar-refractivity contribution in [2.24, 2.45) is 17.8 Å². The Morgan fingerprint density at radius 1 is 0.913 bits per heavy atom. The second kappa shape index (κ2) is 6.59. The van der Waals surface area contributed by atoms with Crippen molar-refractivity contribution in [3.05, 3.63) is 34.9 Å². The van der Waals surface area contributed by atoms with Crippen LogP contribution in [0.5, 0.6) is 0 Å². The van der Waals surface area contributed by atoms with Gasteiger partial charge in [0.15, 0.2) is 0 Å². The summed E-state index contributed by atoms with van der Waals surface area (Å²) < 4.78 is 0. The third-order valence-electron chi connectivity index (χ3n) is 7.19. The lowest BCUT2D eigenvalue weighted by Gasteiger charge is -2.46. The molecular weight excluding hydrogens is 278 g/mol. The van der Waals surface area contributed by atoms with Gasteiger partial charge in [-0.2, -0.15) is 0 Å². The number of piperidine rings is 1. The molecular formula is C22H35N. The molecule has 23 heavy (non-hydrogen) atoms. The first-order valence-corrected chi connectivity index (χ1v) is 9.76. The van der Waals surface area contributed by atoms with Crippen molar-refractivity contribution in [3.63, 3.8) is 0 Å². The van der Waals surface area contributed by atoms with Crippen LogP contribution in [0, 0.1) is 17.8 Å². The zero-order chi connectivity index (χ0) is 16.7. The second-order valence-corrected chi connectivity index (χ2v) is 8.66. The van der Waals surface area contributed by atoms with Gasteiger partial charge in [0, 0.05) is 18.6 Å². The van der Waals surface area contributed by atoms with Crippen molar-refractivity contribution < 1.29 is 0 Å². The molecule has 0 spiro atoms. The monoisotopic (exact) mass is 313 g/mol. The Hall–Kier alpha value is -0.820. The van der Waals surface area contributed by atoms with Gasteiger partial charge in [-0.25, -0.2) is 0 Å².